The maximum absolute atomic E-state index is 12.1. The number of rotatable bonds is 6. The van der Waals surface area contributed by atoms with Gasteiger partial charge in [-0.25, -0.2) is 9.78 Å². The van der Waals surface area contributed by atoms with Crippen molar-refractivity contribution in [3.8, 4) is 0 Å². The number of nitrogens with one attached hydrogen (secondary N) is 1. The Balaban J connectivity index is 2.54. The average Bonchev–Trinajstić information content (AvgIpc) is 2.88. The molecule has 0 saturated heterocycles. The first-order valence-corrected chi connectivity index (χ1v) is 8.10. The summed E-state index contributed by atoms with van der Waals surface area (Å²) in [5, 5.41) is 5.99. The lowest BCUT2D eigenvalue weighted by Crippen LogP contribution is -2.39. The van der Waals surface area contributed by atoms with Crippen LogP contribution >= 0.6 is 11.3 Å². The Morgan fingerprint density at radius 1 is 1.52 bits per heavy atom. The number of aromatic nitrogens is 1. The second-order valence-corrected chi connectivity index (χ2v) is 7.15. The van der Waals surface area contributed by atoms with E-state index in [0.29, 0.717) is 13.2 Å². The quantitative estimate of drug-likeness (QED) is 0.821. The van der Waals surface area contributed by atoms with Crippen LogP contribution in [0.1, 0.15) is 50.9 Å². The first-order chi connectivity index (χ1) is 9.75. The second kappa shape index (κ2) is 7.75. The summed E-state index contributed by atoms with van der Waals surface area (Å²) in [6.07, 6.45) is 0.834. The van der Waals surface area contributed by atoms with Crippen LogP contribution in [0.2, 0.25) is 0 Å². The Kier molecular flexibility index (Phi) is 6.61. The SMILES string of the molecule is COCCCN(C)C(=O)NC(C)c1nc(C(C)(C)C)cs1. The van der Waals surface area contributed by atoms with E-state index < -0.39 is 0 Å². The molecule has 2 amide bonds. The predicted octanol–water partition coefficient (Wildman–Crippen LogP) is 3.18. The van der Waals surface area contributed by atoms with Crippen LogP contribution in [0.5, 0.6) is 0 Å². The van der Waals surface area contributed by atoms with Crippen LogP contribution in [0.3, 0.4) is 0 Å². The third-order valence-electron chi connectivity index (χ3n) is 3.19. The molecular formula is C15H27N3O2S. The van der Waals surface area contributed by atoms with E-state index in [1.807, 2.05) is 6.92 Å². The lowest BCUT2D eigenvalue weighted by molar-refractivity contribution is 0.174. The number of carbonyl (C=O) groups is 1. The van der Waals surface area contributed by atoms with Crippen molar-refractivity contribution >= 4 is 17.4 Å². The van der Waals surface area contributed by atoms with E-state index in [9.17, 15) is 4.79 Å². The van der Waals surface area contributed by atoms with Crippen molar-refractivity contribution in [2.45, 2.75) is 45.6 Å². The van der Waals surface area contributed by atoms with Gasteiger partial charge < -0.3 is 15.0 Å². The van der Waals surface area contributed by atoms with Crippen LogP contribution < -0.4 is 5.32 Å². The van der Waals surface area contributed by atoms with E-state index in [1.54, 1.807) is 30.4 Å². The molecule has 0 aliphatic carbocycles. The van der Waals surface area contributed by atoms with Crippen molar-refractivity contribution < 1.29 is 9.53 Å². The van der Waals surface area contributed by atoms with Crippen LogP contribution in [0, 0.1) is 0 Å². The third kappa shape index (κ3) is 5.63. The van der Waals surface area contributed by atoms with Gasteiger partial charge in [0.2, 0.25) is 0 Å². The van der Waals surface area contributed by atoms with Crippen molar-refractivity contribution in [2.24, 2.45) is 0 Å². The van der Waals surface area contributed by atoms with Crippen molar-refractivity contribution in [1.29, 1.82) is 0 Å². The number of hydrogen-bond acceptors (Lipinski definition) is 4. The summed E-state index contributed by atoms with van der Waals surface area (Å²) in [6, 6.07) is -0.158. The fourth-order valence-corrected chi connectivity index (χ4v) is 2.79. The van der Waals surface area contributed by atoms with Gasteiger partial charge in [-0.15, -0.1) is 11.3 Å². The van der Waals surface area contributed by atoms with Crippen LogP contribution in [0.25, 0.3) is 0 Å². The standard InChI is InChI=1S/C15H27N3O2S/c1-11(13-17-12(10-21-13)15(2,3)4)16-14(19)18(5)8-7-9-20-6/h10-11H,7-9H2,1-6H3,(H,16,19). The molecule has 1 aromatic rings. The molecule has 0 aromatic carbocycles. The van der Waals surface area contributed by atoms with Crippen LogP contribution in [-0.4, -0.2) is 43.2 Å². The molecule has 0 aliphatic heterocycles. The summed E-state index contributed by atoms with van der Waals surface area (Å²) in [7, 11) is 3.46. The molecule has 0 bridgehead atoms. The maximum Gasteiger partial charge on any atom is 0.317 e. The number of methoxy groups -OCH3 is 1. The molecule has 0 spiro atoms. The number of carbonyl (C=O) groups excluding carboxylic acids is 1. The topological polar surface area (TPSA) is 54.5 Å². The molecule has 1 N–H and O–H groups in total. The first-order valence-electron chi connectivity index (χ1n) is 7.22. The molecule has 21 heavy (non-hydrogen) atoms. The fourth-order valence-electron chi connectivity index (χ4n) is 1.74. The normalized spacial score (nSPS) is 13.0. The minimum Gasteiger partial charge on any atom is -0.385 e. The minimum absolute atomic E-state index is 0.0371. The molecule has 0 radical (unpaired) electrons. The predicted molar refractivity (Wildman–Crippen MR) is 86.9 cm³/mol. The van der Waals surface area contributed by atoms with Crippen LogP contribution in [-0.2, 0) is 10.2 Å². The van der Waals surface area contributed by atoms with E-state index in [2.05, 4.69) is 36.5 Å². The van der Waals surface area contributed by atoms with E-state index in [-0.39, 0.29) is 17.5 Å². The van der Waals surface area contributed by atoms with Gasteiger partial charge in [-0.2, -0.15) is 0 Å². The van der Waals surface area contributed by atoms with Crippen molar-refractivity contribution in [3.63, 3.8) is 0 Å². The van der Waals surface area contributed by atoms with E-state index in [1.165, 1.54) is 0 Å². The summed E-state index contributed by atoms with van der Waals surface area (Å²) < 4.78 is 4.99. The highest BCUT2D eigenvalue weighted by Crippen LogP contribution is 2.26. The summed E-state index contributed by atoms with van der Waals surface area (Å²) in [5.41, 5.74) is 1.10. The minimum atomic E-state index is -0.0801. The molecule has 6 heteroatoms. The monoisotopic (exact) mass is 313 g/mol. The zero-order valence-corrected chi connectivity index (χ0v) is 14.7. The molecule has 1 aromatic heterocycles. The maximum atomic E-state index is 12.1. The number of urea groups is 1. The van der Waals surface area contributed by atoms with Gasteiger partial charge in [-0.3, -0.25) is 0 Å². The average molecular weight is 313 g/mol. The lowest BCUT2D eigenvalue weighted by Gasteiger charge is -2.20. The summed E-state index contributed by atoms with van der Waals surface area (Å²) in [5.74, 6) is 0. The fraction of sp³-hybridized carbons (Fsp3) is 0.733. The molecule has 0 fully saturated rings. The molecular weight excluding hydrogens is 286 g/mol. The van der Waals surface area contributed by atoms with Crippen LogP contribution in [0.15, 0.2) is 5.38 Å². The number of amides is 2. The molecule has 0 aliphatic rings. The van der Waals surface area contributed by atoms with Gasteiger partial charge in [0, 0.05) is 38.1 Å². The molecule has 0 saturated carbocycles. The number of ether oxygens (including phenoxy) is 1. The number of hydrogen-bond donors (Lipinski definition) is 1. The molecule has 5 nitrogen and oxygen atoms in total. The van der Waals surface area contributed by atoms with Crippen LogP contribution in [0.4, 0.5) is 4.79 Å². The van der Waals surface area contributed by atoms with Gasteiger partial charge in [0.25, 0.3) is 0 Å². The van der Waals surface area contributed by atoms with Crippen molar-refractivity contribution in [1.82, 2.24) is 15.2 Å². The highest BCUT2D eigenvalue weighted by molar-refractivity contribution is 7.09. The highest BCUT2D eigenvalue weighted by atomic mass is 32.1. The third-order valence-corrected chi connectivity index (χ3v) is 4.22. The van der Waals surface area contributed by atoms with Gasteiger partial charge in [0.1, 0.15) is 5.01 Å². The van der Waals surface area contributed by atoms with Crippen molar-refractivity contribution in [2.75, 3.05) is 27.3 Å². The van der Waals surface area contributed by atoms with Crippen molar-refractivity contribution in [3.05, 3.63) is 16.1 Å². The lowest BCUT2D eigenvalue weighted by atomic mass is 9.93. The second-order valence-electron chi connectivity index (χ2n) is 6.26. The zero-order valence-electron chi connectivity index (χ0n) is 13.9. The molecule has 1 heterocycles. The molecule has 1 rings (SSSR count). The number of nitrogens with zero attached hydrogens (tertiary/aromatic N) is 2. The largest absolute Gasteiger partial charge is 0.385 e. The summed E-state index contributed by atoms with van der Waals surface area (Å²) >= 11 is 1.60. The van der Waals surface area contributed by atoms with Gasteiger partial charge in [0.15, 0.2) is 0 Å². The van der Waals surface area contributed by atoms with Gasteiger partial charge in [-0.1, -0.05) is 20.8 Å². The Morgan fingerprint density at radius 3 is 2.71 bits per heavy atom. The zero-order chi connectivity index (χ0) is 16.0. The Morgan fingerprint density at radius 2 is 2.19 bits per heavy atom. The van der Waals surface area contributed by atoms with E-state index in [0.717, 1.165) is 17.1 Å². The molecule has 1 unspecified atom stereocenters. The molecule has 120 valence electrons. The Bertz CT molecular complexity index is 454. The highest BCUT2D eigenvalue weighted by Gasteiger charge is 2.21. The Hall–Kier alpha value is -1.14. The van der Waals surface area contributed by atoms with Gasteiger partial charge in [0.05, 0.1) is 11.7 Å². The summed E-state index contributed by atoms with van der Waals surface area (Å²) in [6.45, 7) is 9.72. The van der Waals surface area contributed by atoms with E-state index in [4.69, 9.17) is 4.74 Å². The van der Waals surface area contributed by atoms with E-state index >= 15 is 0 Å². The molecule has 1 atom stereocenters. The smallest absolute Gasteiger partial charge is 0.317 e. The first kappa shape index (κ1) is 17.9. The number of thiazole rings is 1. The van der Waals surface area contributed by atoms with Gasteiger partial charge in [-0.05, 0) is 13.3 Å². The van der Waals surface area contributed by atoms with Gasteiger partial charge >= 0.3 is 6.03 Å². The Labute approximate surface area is 131 Å². The summed E-state index contributed by atoms with van der Waals surface area (Å²) in [4.78, 5) is 18.4.